The van der Waals surface area contributed by atoms with E-state index < -0.39 is 5.60 Å². The van der Waals surface area contributed by atoms with Crippen molar-refractivity contribution in [3.63, 3.8) is 0 Å². The number of hydrogen-bond acceptors (Lipinski definition) is 5. The summed E-state index contributed by atoms with van der Waals surface area (Å²) in [5.74, 6) is 1.84. The first-order valence-corrected chi connectivity index (χ1v) is 11.9. The molecule has 1 saturated heterocycles. The molecule has 0 saturated carbocycles. The number of morpholine rings is 1. The summed E-state index contributed by atoms with van der Waals surface area (Å²) in [6.07, 6.45) is 4.28. The number of hydrogen-bond donors (Lipinski definition) is 1. The van der Waals surface area contributed by atoms with Gasteiger partial charge in [0.2, 0.25) is 0 Å². The molecule has 176 valence electrons. The summed E-state index contributed by atoms with van der Waals surface area (Å²) >= 11 is 0. The maximum Gasteiger partial charge on any atom is 0.178 e. The van der Waals surface area contributed by atoms with Crippen LogP contribution in [0.25, 0.3) is 16.8 Å². The van der Waals surface area contributed by atoms with E-state index in [2.05, 4.69) is 47.4 Å². The first kappa shape index (κ1) is 21.6. The number of ether oxygens (including phenoxy) is 3. The molecule has 0 amide bonds. The van der Waals surface area contributed by atoms with Crippen molar-refractivity contribution < 1.29 is 19.3 Å². The zero-order valence-electron chi connectivity index (χ0n) is 19.6. The SMILES string of the molecule is COc1ccc(C2(c3ccc(O)cc3)C=Cc3c(cc(N4CCOCC4)c4ccccc34)O2)cc1. The number of methoxy groups -OCH3 is 1. The largest absolute Gasteiger partial charge is 0.508 e. The van der Waals surface area contributed by atoms with E-state index in [1.54, 1.807) is 19.2 Å². The fourth-order valence-electron chi connectivity index (χ4n) is 5.11. The molecule has 1 atom stereocenters. The number of nitrogens with zero attached hydrogens (tertiary/aromatic N) is 1. The maximum absolute atomic E-state index is 9.94. The number of benzene rings is 4. The van der Waals surface area contributed by atoms with Crippen LogP contribution in [0.15, 0.2) is 84.9 Å². The summed E-state index contributed by atoms with van der Waals surface area (Å²) in [7, 11) is 1.66. The molecule has 0 radical (unpaired) electrons. The van der Waals surface area contributed by atoms with Gasteiger partial charge in [0, 0.05) is 46.9 Å². The lowest BCUT2D eigenvalue weighted by atomic mass is 9.83. The Morgan fingerprint density at radius 2 is 1.51 bits per heavy atom. The van der Waals surface area contributed by atoms with Crippen molar-refractivity contribution in [1.82, 2.24) is 0 Å². The average Bonchev–Trinajstić information content (AvgIpc) is 2.93. The third-order valence-electron chi connectivity index (χ3n) is 6.95. The highest BCUT2D eigenvalue weighted by Gasteiger charge is 2.38. The Kier molecular flexibility index (Phi) is 5.34. The topological polar surface area (TPSA) is 51.2 Å². The molecule has 2 aliphatic rings. The molecular weight excluding hydrogens is 438 g/mol. The number of phenols is 1. The van der Waals surface area contributed by atoms with Crippen molar-refractivity contribution in [2.75, 3.05) is 38.3 Å². The summed E-state index contributed by atoms with van der Waals surface area (Å²) in [5.41, 5.74) is 3.29. The van der Waals surface area contributed by atoms with Crippen LogP contribution in [0.1, 0.15) is 16.7 Å². The van der Waals surface area contributed by atoms with E-state index in [1.165, 1.54) is 5.39 Å². The van der Waals surface area contributed by atoms with Crippen LogP contribution in [0.3, 0.4) is 0 Å². The van der Waals surface area contributed by atoms with Gasteiger partial charge in [-0.25, -0.2) is 0 Å². The molecule has 1 fully saturated rings. The van der Waals surface area contributed by atoms with Crippen LogP contribution in [-0.2, 0) is 10.3 Å². The van der Waals surface area contributed by atoms with Gasteiger partial charge in [-0.15, -0.1) is 0 Å². The highest BCUT2D eigenvalue weighted by Crippen LogP contribution is 2.47. The summed E-state index contributed by atoms with van der Waals surface area (Å²) in [6, 6.07) is 25.9. The first-order valence-electron chi connectivity index (χ1n) is 11.9. The van der Waals surface area contributed by atoms with Crippen LogP contribution in [0.5, 0.6) is 17.2 Å². The van der Waals surface area contributed by atoms with Crippen molar-refractivity contribution in [3.05, 3.63) is 102 Å². The molecular formula is C30H27NO4. The lowest BCUT2D eigenvalue weighted by molar-refractivity contribution is 0.122. The molecule has 0 spiro atoms. The molecule has 35 heavy (non-hydrogen) atoms. The highest BCUT2D eigenvalue weighted by atomic mass is 16.5. The van der Waals surface area contributed by atoms with Crippen LogP contribution in [-0.4, -0.2) is 38.5 Å². The molecule has 0 bridgehead atoms. The highest BCUT2D eigenvalue weighted by molar-refractivity contribution is 6.02. The van der Waals surface area contributed by atoms with Crippen molar-refractivity contribution in [2.45, 2.75) is 5.60 Å². The van der Waals surface area contributed by atoms with Crippen LogP contribution in [0.2, 0.25) is 0 Å². The summed E-state index contributed by atoms with van der Waals surface area (Å²) < 4.78 is 18.0. The third kappa shape index (κ3) is 3.69. The number of rotatable bonds is 4. The lowest BCUT2D eigenvalue weighted by Crippen LogP contribution is -2.37. The quantitative estimate of drug-likeness (QED) is 0.417. The standard InChI is InChI=1S/C30H27NO4/c1-33-24-12-8-22(9-13-24)30(21-6-10-23(32)11-7-21)15-14-27-25-4-2-3-5-26(25)28(20-29(27)35-30)31-16-18-34-19-17-31/h2-15,20,32H,16-19H2,1H3. The molecule has 5 nitrogen and oxygen atoms in total. The Morgan fingerprint density at radius 3 is 2.20 bits per heavy atom. The van der Waals surface area contributed by atoms with E-state index in [9.17, 15) is 5.11 Å². The minimum atomic E-state index is -0.849. The van der Waals surface area contributed by atoms with Gasteiger partial charge in [0.1, 0.15) is 17.2 Å². The van der Waals surface area contributed by atoms with Gasteiger partial charge in [-0.05, 0) is 41.8 Å². The summed E-state index contributed by atoms with van der Waals surface area (Å²) in [5, 5.41) is 12.3. The van der Waals surface area contributed by atoms with Gasteiger partial charge < -0.3 is 24.2 Å². The fourth-order valence-corrected chi connectivity index (χ4v) is 5.11. The van der Waals surface area contributed by atoms with E-state index in [4.69, 9.17) is 14.2 Å². The Bertz CT molecular complexity index is 1390. The number of anilines is 1. The van der Waals surface area contributed by atoms with Crippen LogP contribution in [0.4, 0.5) is 5.69 Å². The van der Waals surface area contributed by atoms with Crippen molar-refractivity contribution in [1.29, 1.82) is 0 Å². The smallest absolute Gasteiger partial charge is 0.178 e. The second-order valence-corrected chi connectivity index (χ2v) is 8.90. The van der Waals surface area contributed by atoms with Crippen LogP contribution >= 0.6 is 0 Å². The van der Waals surface area contributed by atoms with Gasteiger partial charge in [0.15, 0.2) is 5.60 Å². The molecule has 5 heteroatoms. The minimum absolute atomic E-state index is 0.222. The molecule has 4 aromatic rings. The third-order valence-corrected chi connectivity index (χ3v) is 6.95. The fraction of sp³-hybridized carbons (Fsp3) is 0.200. The van der Waals surface area contributed by atoms with Gasteiger partial charge in [-0.3, -0.25) is 0 Å². The second-order valence-electron chi connectivity index (χ2n) is 8.90. The van der Waals surface area contributed by atoms with Crippen LogP contribution in [0, 0.1) is 0 Å². The van der Waals surface area contributed by atoms with Gasteiger partial charge >= 0.3 is 0 Å². The van der Waals surface area contributed by atoms with Crippen LogP contribution < -0.4 is 14.4 Å². The van der Waals surface area contributed by atoms with Crippen molar-refractivity contribution >= 4 is 22.5 Å². The Hall–Kier alpha value is -3.96. The molecule has 1 unspecified atom stereocenters. The molecule has 2 heterocycles. The van der Waals surface area contributed by atoms with E-state index in [1.807, 2.05) is 36.4 Å². The zero-order chi connectivity index (χ0) is 23.8. The molecule has 4 aromatic carbocycles. The maximum atomic E-state index is 9.94. The first-order chi connectivity index (χ1) is 17.2. The van der Waals surface area contributed by atoms with E-state index >= 15 is 0 Å². The molecule has 6 rings (SSSR count). The molecule has 0 aromatic heterocycles. The monoisotopic (exact) mass is 465 g/mol. The Balaban J connectivity index is 1.54. The average molecular weight is 466 g/mol. The van der Waals surface area contributed by atoms with Gasteiger partial charge in [0.25, 0.3) is 0 Å². The second kappa shape index (κ2) is 8.67. The molecule has 2 aliphatic heterocycles. The summed E-state index contributed by atoms with van der Waals surface area (Å²) in [6.45, 7) is 3.13. The predicted molar refractivity (Wildman–Crippen MR) is 139 cm³/mol. The number of fused-ring (bicyclic) bond motifs is 3. The van der Waals surface area contributed by atoms with E-state index in [0.29, 0.717) is 0 Å². The Labute approximate surface area is 204 Å². The lowest BCUT2D eigenvalue weighted by Gasteiger charge is -2.38. The van der Waals surface area contributed by atoms with Gasteiger partial charge in [-0.1, -0.05) is 48.5 Å². The molecule has 1 N–H and O–H groups in total. The van der Waals surface area contributed by atoms with Crippen molar-refractivity contribution in [3.8, 4) is 17.2 Å². The van der Waals surface area contributed by atoms with E-state index in [0.717, 1.165) is 65.6 Å². The van der Waals surface area contributed by atoms with Gasteiger partial charge in [0.05, 0.1) is 20.3 Å². The normalized spacial score (nSPS) is 19.3. The van der Waals surface area contributed by atoms with E-state index in [-0.39, 0.29) is 5.75 Å². The number of phenolic OH excluding ortho intramolecular Hbond substituents is 1. The predicted octanol–water partition coefficient (Wildman–Crippen LogP) is 5.74. The number of aromatic hydroxyl groups is 1. The van der Waals surface area contributed by atoms with Crippen molar-refractivity contribution in [2.24, 2.45) is 0 Å². The minimum Gasteiger partial charge on any atom is -0.508 e. The Morgan fingerprint density at radius 1 is 0.857 bits per heavy atom. The van der Waals surface area contributed by atoms with Gasteiger partial charge in [-0.2, -0.15) is 0 Å². The molecule has 0 aliphatic carbocycles. The zero-order valence-corrected chi connectivity index (χ0v) is 19.6. The summed E-state index contributed by atoms with van der Waals surface area (Å²) in [4.78, 5) is 2.38.